The first-order chi connectivity index (χ1) is 3.18. The van der Waals surface area contributed by atoms with E-state index < -0.39 is 6.04 Å². The zero-order valence-corrected chi connectivity index (χ0v) is 4.29. The molecule has 0 aromatic heterocycles. The van der Waals surface area contributed by atoms with Crippen molar-refractivity contribution in [2.45, 2.75) is 19.0 Å². The molecule has 0 saturated carbocycles. The summed E-state index contributed by atoms with van der Waals surface area (Å²) in [5.74, 6) is 0. The van der Waals surface area contributed by atoms with Gasteiger partial charge >= 0.3 is 0 Å². The average molecular weight is 102 g/mol. The Bertz CT molecular complexity index is 62.7. The van der Waals surface area contributed by atoms with Crippen molar-refractivity contribution in [2.24, 2.45) is 11.5 Å². The van der Waals surface area contributed by atoms with E-state index in [0.717, 1.165) is 0 Å². The van der Waals surface area contributed by atoms with Crippen molar-refractivity contribution < 1.29 is 4.79 Å². The van der Waals surface area contributed by atoms with E-state index in [4.69, 9.17) is 11.5 Å². The zero-order valence-electron chi connectivity index (χ0n) is 4.29. The third kappa shape index (κ3) is 2.31. The third-order valence-electron chi connectivity index (χ3n) is 0.764. The minimum atomic E-state index is -0.500. The molecule has 0 radical (unpaired) electrons. The second-order valence-electron chi connectivity index (χ2n) is 1.57. The first-order valence-electron chi connectivity index (χ1n) is 2.15. The first kappa shape index (κ1) is 6.59. The summed E-state index contributed by atoms with van der Waals surface area (Å²) in [6, 6.07) is -0.725. The molecule has 0 bridgehead atoms. The minimum Gasteiger partial charge on any atom is -0.326 e. The fourth-order valence-electron chi connectivity index (χ4n) is 0.124. The van der Waals surface area contributed by atoms with E-state index in [2.05, 4.69) is 0 Å². The Kier molecular flexibility index (Phi) is 2.55. The molecule has 3 nitrogen and oxygen atoms in total. The molecule has 0 aliphatic carbocycles. The highest BCUT2D eigenvalue weighted by Gasteiger charge is 2.02. The zero-order chi connectivity index (χ0) is 5.86. The van der Waals surface area contributed by atoms with Crippen LogP contribution in [-0.4, -0.2) is 18.4 Å². The first-order valence-corrected chi connectivity index (χ1v) is 2.15. The monoisotopic (exact) mass is 102 g/mol. The van der Waals surface area contributed by atoms with Crippen LogP contribution in [0, 0.1) is 0 Å². The summed E-state index contributed by atoms with van der Waals surface area (Å²) in [6.07, 6.45) is 0.644. The standard InChI is InChI=1S/C4H10N2O/c1-3(5)4(6)2-7/h2-4H,5-6H2,1H3. The summed E-state index contributed by atoms with van der Waals surface area (Å²) >= 11 is 0. The summed E-state index contributed by atoms with van der Waals surface area (Å²) < 4.78 is 0. The Morgan fingerprint density at radius 1 is 1.57 bits per heavy atom. The number of aldehydes is 1. The lowest BCUT2D eigenvalue weighted by Gasteiger charge is -2.04. The molecule has 0 aliphatic heterocycles. The van der Waals surface area contributed by atoms with Crippen LogP contribution in [0.1, 0.15) is 6.92 Å². The second-order valence-corrected chi connectivity index (χ2v) is 1.57. The number of nitrogens with two attached hydrogens (primary N) is 2. The number of carbonyl (C=O) groups is 1. The highest BCUT2D eigenvalue weighted by atomic mass is 16.1. The molecule has 4 N–H and O–H groups in total. The predicted molar refractivity (Wildman–Crippen MR) is 27.7 cm³/mol. The van der Waals surface area contributed by atoms with Crippen LogP contribution >= 0.6 is 0 Å². The van der Waals surface area contributed by atoms with Crippen LogP contribution in [0.2, 0.25) is 0 Å². The highest BCUT2D eigenvalue weighted by molar-refractivity contribution is 5.58. The van der Waals surface area contributed by atoms with Gasteiger partial charge in [-0.15, -0.1) is 0 Å². The maximum Gasteiger partial charge on any atom is 0.138 e. The van der Waals surface area contributed by atoms with Gasteiger partial charge in [0.25, 0.3) is 0 Å². The molecular formula is C4H10N2O. The fourth-order valence-corrected chi connectivity index (χ4v) is 0.124. The van der Waals surface area contributed by atoms with E-state index in [1.807, 2.05) is 0 Å². The largest absolute Gasteiger partial charge is 0.326 e. The highest BCUT2D eigenvalue weighted by Crippen LogP contribution is 1.75. The van der Waals surface area contributed by atoms with E-state index in [1.165, 1.54) is 0 Å². The fraction of sp³-hybridized carbons (Fsp3) is 0.750. The van der Waals surface area contributed by atoms with Gasteiger partial charge in [0.2, 0.25) is 0 Å². The summed E-state index contributed by atoms with van der Waals surface area (Å²) in [4.78, 5) is 9.74. The van der Waals surface area contributed by atoms with Crippen LogP contribution in [0.4, 0.5) is 0 Å². The molecule has 0 amide bonds. The molecule has 7 heavy (non-hydrogen) atoms. The van der Waals surface area contributed by atoms with Gasteiger partial charge in [-0.1, -0.05) is 0 Å². The molecule has 2 atom stereocenters. The summed E-state index contributed by atoms with van der Waals surface area (Å²) in [5.41, 5.74) is 10.3. The van der Waals surface area contributed by atoms with Crippen molar-refractivity contribution >= 4 is 6.29 Å². The molecule has 0 aromatic carbocycles. The Morgan fingerprint density at radius 2 is 2.00 bits per heavy atom. The normalized spacial score (nSPS) is 18.1. The van der Waals surface area contributed by atoms with Crippen LogP contribution < -0.4 is 11.5 Å². The van der Waals surface area contributed by atoms with Crippen molar-refractivity contribution in [2.75, 3.05) is 0 Å². The van der Waals surface area contributed by atoms with Crippen LogP contribution in [-0.2, 0) is 4.79 Å². The van der Waals surface area contributed by atoms with Gasteiger partial charge in [0.05, 0.1) is 6.04 Å². The van der Waals surface area contributed by atoms with Gasteiger partial charge < -0.3 is 16.3 Å². The van der Waals surface area contributed by atoms with Gasteiger partial charge in [0.1, 0.15) is 6.29 Å². The number of carbonyl (C=O) groups excluding carboxylic acids is 1. The van der Waals surface area contributed by atoms with Gasteiger partial charge in [0, 0.05) is 6.04 Å². The molecule has 0 rings (SSSR count). The van der Waals surface area contributed by atoms with Gasteiger partial charge in [-0.05, 0) is 6.92 Å². The Balaban J connectivity index is 3.33. The molecule has 3 heteroatoms. The average Bonchev–Trinajstić information content (AvgIpc) is 1.65. The Morgan fingerprint density at radius 3 is 2.00 bits per heavy atom. The maximum atomic E-state index is 9.74. The van der Waals surface area contributed by atoms with E-state index in [0.29, 0.717) is 6.29 Å². The van der Waals surface area contributed by atoms with E-state index in [1.54, 1.807) is 6.92 Å². The lowest BCUT2D eigenvalue weighted by Crippen LogP contribution is -2.39. The van der Waals surface area contributed by atoms with Crippen molar-refractivity contribution in [3.8, 4) is 0 Å². The Labute approximate surface area is 42.7 Å². The molecular weight excluding hydrogens is 92.1 g/mol. The smallest absolute Gasteiger partial charge is 0.138 e. The number of hydrogen-bond donors (Lipinski definition) is 2. The number of rotatable bonds is 2. The number of hydrogen-bond acceptors (Lipinski definition) is 3. The Hall–Kier alpha value is -0.410. The van der Waals surface area contributed by atoms with E-state index >= 15 is 0 Å². The third-order valence-corrected chi connectivity index (χ3v) is 0.764. The van der Waals surface area contributed by atoms with Crippen LogP contribution in [0.15, 0.2) is 0 Å². The van der Waals surface area contributed by atoms with Gasteiger partial charge in [0.15, 0.2) is 0 Å². The van der Waals surface area contributed by atoms with Crippen LogP contribution in [0.5, 0.6) is 0 Å². The molecule has 0 spiro atoms. The summed E-state index contributed by atoms with van der Waals surface area (Å²) in [5, 5.41) is 0. The van der Waals surface area contributed by atoms with E-state index in [9.17, 15) is 4.79 Å². The van der Waals surface area contributed by atoms with Gasteiger partial charge in [-0.2, -0.15) is 0 Å². The predicted octanol–water partition coefficient (Wildman–Crippen LogP) is -1.14. The molecule has 0 aromatic rings. The van der Waals surface area contributed by atoms with Crippen molar-refractivity contribution in [3.63, 3.8) is 0 Å². The topological polar surface area (TPSA) is 69.1 Å². The summed E-state index contributed by atoms with van der Waals surface area (Å²) in [6.45, 7) is 1.69. The van der Waals surface area contributed by atoms with Crippen molar-refractivity contribution in [3.05, 3.63) is 0 Å². The van der Waals surface area contributed by atoms with Crippen LogP contribution in [0.3, 0.4) is 0 Å². The van der Waals surface area contributed by atoms with E-state index in [-0.39, 0.29) is 6.04 Å². The SMILES string of the molecule is CC(N)C(N)C=O. The van der Waals surface area contributed by atoms with Gasteiger partial charge in [-0.3, -0.25) is 0 Å². The molecule has 0 aliphatic rings. The molecule has 0 fully saturated rings. The lowest BCUT2D eigenvalue weighted by molar-refractivity contribution is -0.109. The van der Waals surface area contributed by atoms with Crippen molar-refractivity contribution in [1.82, 2.24) is 0 Å². The molecule has 42 valence electrons. The minimum absolute atomic E-state index is 0.225. The summed E-state index contributed by atoms with van der Waals surface area (Å²) in [7, 11) is 0. The van der Waals surface area contributed by atoms with Crippen LogP contribution in [0.25, 0.3) is 0 Å². The second kappa shape index (κ2) is 2.71. The molecule has 0 saturated heterocycles. The van der Waals surface area contributed by atoms with Crippen molar-refractivity contribution in [1.29, 1.82) is 0 Å². The lowest BCUT2D eigenvalue weighted by atomic mass is 10.2. The molecule has 0 heterocycles. The quantitative estimate of drug-likeness (QED) is 0.433. The maximum absolute atomic E-state index is 9.74. The van der Waals surface area contributed by atoms with Gasteiger partial charge in [-0.25, -0.2) is 0 Å². The molecule has 2 unspecified atom stereocenters.